The summed E-state index contributed by atoms with van der Waals surface area (Å²) in [5, 5.41) is 0.726. The second-order valence-corrected chi connectivity index (χ2v) is 8.52. The molecule has 0 aliphatic rings. The van der Waals surface area contributed by atoms with E-state index in [1.165, 1.54) is 0 Å². The number of halogens is 2. The van der Waals surface area contributed by atoms with E-state index in [4.69, 9.17) is 23.2 Å². The Morgan fingerprint density at radius 1 is 1.07 bits per heavy atom. The molecule has 0 aliphatic carbocycles. The first kappa shape index (κ1) is 24.3. The molecule has 1 aromatic carbocycles. The predicted octanol–water partition coefficient (Wildman–Crippen LogP) is 4.65. The van der Waals surface area contributed by atoms with Crippen molar-refractivity contribution in [2.24, 2.45) is 5.92 Å². The van der Waals surface area contributed by atoms with Gasteiger partial charge in [-0.15, -0.1) is 11.6 Å². The lowest BCUT2D eigenvalue weighted by Gasteiger charge is -2.28. The Bertz CT molecular complexity index is 835. The number of carbonyl (C=O) groups is 2. The van der Waals surface area contributed by atoms with Crippen molar-refractivity contribution in [1.82, 2.24) is 14.4 Å². The second kappa shape index (κ2) is 12.0. The summed E-state index contributed by atoms with van der Waals surface area (Å²) in [6.45, 7) is 8.34. The maximum absolute atomic E-state index is 13.1. The summed E-state index contributed by atoms with van der Waals surface area (Å²) in [4.78, 5) is 28.7. The predicted molar refractivity (Wildman–Crippen MR) is 123 cm³/mol. The standard InChI is InChI=1S/C23H31Cl2N3O2/c1-4-26(22(29)11-12-24)17-23(30)28(14-18(2)3)16-20-9-7-13-27(20)15-19-8-5-6-10-21(19)25/h5-10,13,18H,4,11-12,14-17H2,1-3H3. The van der Waals surface area contributed by atoms with Crippen LogP contribution in [0.5, 0.6) is 0 Å². The first-order valence-corrected chi connectivity index (χ1v) is 11.3. The highest BCUT2D eigenvalue weighted by Gasteiger charge is 2.22. The van der Waals surface area contributed by atoms with E-state index in [-0.39, 0.29) is 30.7 Å². The number of nitrogens with zero attached hydrogens (tertiary/aromatic N) is 3. The first-order valence-electron chi connectivity index (χ1n) is 10.3. The van der Waals surface area contributed by atoms with Crippen molar-refractivity contribution >= 4 is 35.0 Å². The summed E-state index contributed by atoms with van der Waals surface area (Å²) in [7, 11) is 0. The molecule has 30 heavy (non-hydrogen) atoms. The Labute approximate surface area is 189 Å². The third-order valence-electron chi connectivity index (χ3n) is 4.88. The lowest BCUT2D eigenvalue weighted by molar-refractivity contribution is -0.140. The molecule has 1 heterocycles. The zero-order chi connectivity index (χ0) is 22.1. The van der Waals surface area contributed by atoms with Crippen LogP contribution in [0.2, 0.25) is 5.02 Å². The largest absolute Gasteiger partial charge is 0.345 e. The van der Waals surface area contributed by atoms with Crippen molar-refractivity contribution in [2.75, 3.05) is 25.5 Å². The van der Waals surface area contributed by atoms with Gasteiger partial charge >= 0.3 is 0 Å². The molecule has 2 aromatic rings. The van der Waals surface area contributed by atoms with Crippen molar-refractivity contribution in [2.45, 2.75) is 40.3 Å². The molecule has 2 rings (SSSR count). The van der Waals surface area contributed by atoms with Crippen LogP contribution in [0, 0.1) is 5.92 Å². The molecule has 0 saturated heterocycles. The van der Waals surface area contributed by atoms with Gasteiger partial charge in [-0.2, -0.15) is 0 Å². The summed E-state index contributed by atoms with van der Waals surface area (Å²) in [5.41, 5.74) is 2.06. The quantitative estimate of drug-likeness (QED) is 0.466. The van der Waals surface area contributed by atoms with Gasteiger partial charge in [-0.05, 0) is 36.6 Å². The molecule has 0 fully saturated rings. The molecule has 0 spiro atoms. The molecule has 2 amide bonds. The van der Waals surface area contributed by atoms with Crippen LogP contribution in [-0.4, -0.2) is 51.7 Å². The molecule has 164 valence electrons. The van der Waals surface area contributed by atoms with Gasteiger partial charge in [0.1, 0.15) is 0 Å². The minimum Gasteiger partial charge on any atom is -0.345 e. The maximum atomic E-state index is 13.1. The highest BCUT2D eigenvalue weighted by Crippen LogP contribution is 2.18. The zero-order valence-corrected chi connectivity index (χ0v) is 19.5. The Kier molecular flexibility index (Phi) is 9.73. The number of aromatic nitrogens is 1. The third kappa shape index (κ3) is 7.06. The monoisotopic (exact) mass is 451 g/mol. The van der Waals surface area contributed by atoms with E-state index in [0.717, 1.165) is 16.3 Å². The van der Waals surface area contributed by atoms with Gasteiger partial charge in [0.2, 0.25) is 11.8 Å². The highest BCUT2D eigenvalue weighted by molar-refractivity contribution is 6.31. The summed E-state index contributed by atoms with van der Waals surface area (Å²) in [6.07, 6.45) is 2.24. The Morgan fingerprint density at radius 2 is 1.80 bits per heavy atom. The topological polar surface area (TPSA) is 45.6 Å². The zero-order valence-electron chi connectivity index (χ0n) is 18.0. The molecular weight excluding hydrogens is 421 g/mol. The van der Waals surface area contributed by atoms with Gasteiger partial charge in [-0.3, -0.25) is 9.59 Å². The SMILES string of the molecule is CCN(CC(=O)N(Cc1cccn1Cc1ccccc1Cl)CC(C)C)C(=O)CCCl. The van der Waals surface area contributed by atoms with Crippen molar-refractivity contribution in [1.29, 1.82) is 0 Å². The van der Waals surface area contributed by atoms with Crippen molar-refractivity contribution in [3.63, 3.8) is 0 Å². The van der Waals surface area contributed by atoms with Gasteiger partial charge < -0.3 is 14.4 Å². The van der Waals surface area contributed by atoms with Crippen LogP contribution in [0.15, 0.2) is 42.6 Å². The maximum Gasteiger partial charge on any atom is 0.242 e. The van der Waals surface area contributed by atoms with Crippen LogP contribution in [0.3, 0.4) is 0 Å². The minimum absolute atomic E-state index is 0.0565. The fourth-order valence-corrected chi connectivity index (χ4v) is 3.68. The van der Waals surface area contributed by atoms with Crippen LogP contribution in [0.1, 0.15) is 38.4 Å². The van der Waals surface area contributed by atoms with Gasteiger partial charge in [-0.1, -0.05) is 43.6 Å². The lowest BCUT2D eigenvalue weighted by Crippen LogP contribution is -2.44. The molecule has 7 heteroatoms. The number of alkyl halides is 1. The second-order valence-electron chi connectivity index (χ2n) is 7.73. The molecular formula is C23H31Cl2N3O2. The summed E-state index contributed by atoms with van der Waals surface area (Å²) in [6, 6.07) is 11.8. The number of likely N-dealkylation sites (N-methyl/N-ethyl adjacent to an activating group) is 1. The molecule has 0 N–H and O–H groups in total. The fourth-order valence-electron chi connectivity index (χ4n) is 3.33. The number of hydrogen-bond donors (Lipinski definition) is 0. The summed E-state index contributed by atoms with van der Waals surface area (Å²) < 4.78 is 2.11. The van der Waals surface area contributed by atoms with Crippen molar-refractivity contribution < 1.29 is 9.59 Å². The van der Waals surface area contributed by atoms with Crippen LogP contribution in [-0.2, 0) is 22.7 Å². The van der Waals surface area contributed by atoms with E-state index in [1.807, 2.05) is 54.4 Å². The summed E-state index contributed by atoms with van der Waals surface area (Å²) in [5.74, 6) is 0.426. The van der Waals surface area contributed by atoms with E-state index < -0.39 is 0 Å². The van der Waals surface area contributed by atoms with Crippen molar-refractivity contribution in [3.8, 4) is 0 Å². The normalized spacial score (nSPS) is 11.0. The van der Waals surface area contributed by atoms with Crippen LogP contribution in [0.4, 0.5) is 0 Å². The van der Waals surface area contributed by atoms with Gasteiger partial charge in [0.15, 0.2) is 0 Å². The van der Waals surface area contributed by atoms with E-state index >= 15 is 0 Å². The minimum atomic E-state index is -0.0903. The van der Waals surface area contributed by atoms with E-state index in [0.29, 0.717) is 32.1 Å². The summed E-state index contributed by atoms with van der Waals surface area (Å²) >= 11 is 12.0. The van der Waals surface area contributed by atoms with Crippen LogP contribution in [0.25, 0.3) is 0 Å². The molecule has 0 bridgehead atoms. The molecule has 0 unspecified atom stereocenters. The van der Waals surface area contributed by atoms with Crippen LogP contribution >= 0.6 is 23.2 Å². The van der Waals surface area contributed by atoms with E-state index in [2.05, 4.69) is 18.4 Å². The lowest BCUT2D eigenvalue weighted by atomic mass is 10.2. The Balaban J connectivity index is 2.15. The van der Waals surface area contributed by atoms with Crippen molar-refractivity contribution in [3.05, 3.63) is 58.9 Å². The van der Waals surface area contributed by atoms with Gasteiger partial charge in [0, 0.05) is 48.8 Å². The average Bonchev–Trinajstić information content (AvgIpc) is 3.13. The first-order chi connectivity index (χ1) is 14.3. The van der Waals surface area contributed by atoms with Crippen LogP contribution < -0.4 is 0 Å². The fraction of sp³-hybridized carbons (Fsp3) is 0.478. The van der Waals surface area contributed by atoms with Gasteiger partial charge in [0.25, 0.3) is 0 Å². The molecule has 1 aromatic heterocycles. The number of amides is 2. The Hall–Kier alpha value is -1.98. The number of benzene rings is 1. The smallest absolute Gasteiger partial charge is 0.242 e. The van der Waals surface area contributed by atoms with E-state index in [9.17, 15) is 9.59 Å². The van der Waals surface area contributed by atoms with Gasteiger partial charge in [-0.25, -0.2) is 0 Å². The van der Waals surface area contributed by atoms with E-state index in [1.54, 1.807) is 4.90 Å². The Morgan fingerprint density at radius 3 is 2.43 bits per heavy atom. The molecule has 0 aliphatic heterocycles. The number of hydrogen-bond acceptors (Lipinski definition) is 2. The number of rotatable bonds is 11. The molecule has 0 radical (unpaired) electrons. The highest BCUT2D eigenvalue weighted by atomic mass is 35.5. The molecule has 5 nitrogen and oxygen atoms in total. The third-order valence-corrected chi connectivity index (χ3v) is 5.44. The average molecular weight is 452 g/mol. The number of carbonyl (C=O) groups excluding carboxylic acids is 2. The van der Waals surface area contributed by atoms with Gasteiger partial charge in [0.05, 0.1) is 13.1 Å². The molecule has 0 atom stereocenters. The molecule has 0 saturated carbocycles.